The highest BCUT2D eigenvalue weighted by molar-refractivity contribution is 7.86. The predicted octanol–water partition coefficient (Wildman–Crippen LogP) is 2.25. The molecule has 0 saturated carbocycles. The minimum atomic E-state index is -1.55. The van der Waals surface area contributed by atoms with Gasteiger partial charge >= 0.3 is 5.97 Å². The Labute approximate surface area is 102 Å². The Balaban J connectivity index is 2.92. The maximum absolute atomic E-state index is 12.9. The van der Waals surface area contributed by atoms with Crippen molar-refractivity contribution in [3.05, 3.63) is 35.1 Å². The van der Waals surface area contributed by atoms with Crippen molar-refractivity contribution < 1.29 is 18.5 Å². The SMILES string of the molecule is Cc1cc(F)ccc1CS(=O)C(C)(C)C(=O)O. The van der Waals surface area contributed by atoms with E-state index in [4.69, 9.17) is 5.11 Å². The number of hydrogen-bond acceptors (Lipinski definition) is 2. The topological polar surface area (TPSA) is 54.4 Å². The highest BCUT2D eigenvalue weighted by atomic mass is 32.2. The predicted molar refractivity (Wildman–Crippen MR) is 64.7 cm³/mol. The first-order valence-corrected chi connectivity index (χ1v) is 6.44. The summed E-state index contributed by atoms with van der Waals surface area (Å²) in [6.07, 6.45) is 0. The van der Waals surface area contributed by atoms with Gasteiger partial charge in [-0.1, -0.05) is 6.07 Å². The van der Waals surface area contributed by atoms with Gasteiger partial charge in [0.25, 0.3) is 0 Å². The molecule has 0 spiro atoms. The van der Waals surface area contributed by atoms with Gasteiger partial charge in [-0.25, -0.2) is 4.39 Å². The van der Waals surface area contributed by atoms with Gasteiger partial charge < -0.3 is 5.11 Å². The fraction of sp³-hybridized carbons (Fsp3) is 0.417. The Morgan fingerprint density at radius 2 is 2.06 bits per heavy atom. The molecule has 0 fully saturated rings. The van der Waals surface area contributed by atoms with E-state index in [0.717, 1.165) is 0 Å². The third kappa shape index (κ3) is 3.12. The van der Waals surface area contributed by atoms with Crippen LogP contribution in [0.15, 0.2) is 18.2 Å². The van der Waals surface area contributed by atoms with Gasteiger partial charge in [0.15, 0.2) is 0 Å². The second-order valence-electron chi connectivity index (χ2n) is 4.38. The van der Waals surface area contributed by atoms with E-state index in [9.17, 15) is 13.4 Å². The molecule has 1 unspecified atom stereocenters. The van der Waals surface area contributed by atoms with Crippen molar-refractivity contribution in [1.82, 2.24) is 0 Å². The van der Waals surface area contributed by atoms with Crippen LogP contribution in [-0.2, 0) is 21.3 Å². The zero-order chi connectivity index (χ0) is 13.2. The van der Waals surface area contributed by atoms with Gasteiger partial charge in [-0.3, -0.25) is 9.00 Å². The van der Waals surface area contributed by atoms with E-state index in [-0.39, 0.29) is 11.6 Å². The summed E-state index contributed by atoms with van der Waals surface area (Å²) in [6, 6.07) is 4.17. The molecular formula is C12H15FO3S. The third-order valence-electron chi connectivity index (χ3n) is 2.68. The summed E-state index contributed by atoms with van der Waals surface area (Å²) >= 11 is 0. The van der Waals surface area contributed by atoms with Crippen molar-refractivity contribution in [2.24, 2.45) is 0 Å². The van der Waals surface area contributed by atoms with E-state index in [1.165, 1.54) is 26.0 Å². The lowest BCUT2D eigenvalue weighted by Crippen LogP contribution is -2.37. The van der Waals surface area contributed by atoms with E-state index in [1.54, 1.807) is 13.0 Å². The monoisotopic (exact) mass is 258 g/mol. The van der Waals surface area contributed by atoms with Gasteiger partial charge in [0.1, 0.15) is 10.6 Å². The second-order valence-corrected chi connectivity index (χ2v) is 6.38. The summed E-state index contributed by atoms with van der Waals surface area (Å²) in [5, 5.41) is 8.95. The summed E-state index contributed by atoms with van der Waals surface area (Å²) < 4.78 is 23.5. The molecule has 0 aromatic heterocycles. The van der Waals surface area contributed by atoms with Crippen LogP contribution in [0.2, 0.25) is 0 Å². The van der Waals surface area contributed by atoms with Gasteiger partial charge in [-0.2, -0.15) is 0 Å². The van der Waals surface area contributed by atoms with E-state index in [2.05, 4.69) is 0 Å². The van der Waals surface area contributed by atoms with E-state index >= 15 is 0 Å². The molecule has 0 aliphatic rings. The quantitative estimate of drug-likeness (QED) is 0.901. The zero-order valence-corrected chi connectivity index (χ0v) is 10.8. The van der Waals surface area contributed by atoms with Crippen LogP contribution in [0.4, 0.5) is 4.39 Å². The van der Waals surface area contributed by atoms with Crippen molar-refractivity contribution in [2.45, 2.75) is 31.3 Å². The average molecular weight is 258 g/mol. The number of carboxylic acids is 1. The minimum absolute atomic E-state index is 0.116. The van der Waals surface area contributed by atoms with Gasteiger partial charge in [0.2, 0.25) is 0 Å². The Kier molecular flexibility index (Phi) is 4.03. The molecule has 5 heteroatoms. The smallest absolute Gasteiger partial charge is 0.321 e. The zero-order valence-electron chi connectivity index (χ0n) is 9.99. The van der Waals surface area contributed by atoms with E-state index in [1.807, 2.05) is 0 Å². The van der Waals surface area contributed by atoms with Crippen LogP contribution in [-0.4, -0.2) is 20.0 Å². The third-order valence-corrected chi connectivity index (χ3v) is 4.56. The number of benzene rings is 1. The van der Waals surface area contributed by atoms with Gasteiger partial charge in [0.05, 0.1) is 0 Å². The van der Waals surface area contributed by atoms with E-state index < -0.39 is 21.5 Å². The molecule has 1 atom stereocenters. The highest BCUT2D eigenvalue weighted by Crippen LogP contribution is 2.20. The number of carbonyl (C=O) groups is 1. The molecule has 17 heavy (non-hydrogen) atoms. The molecule has 0 saturated heterocycles. The van der Waals surface area contributed by atoms with Crippen LogP contribution < -0.4 is 0 Å². The maximum Gasteiger partial charge on any atom is 0.321 e. The molecule has 0 radical (unpaired) electrons. The van der Waals surface area contributed by atoms with Crippen molar-refractivity contribution in [3.63, 3.8) is 0 Å². The number of carboxylic acid groups (broad SMARTS) is 1. The number of halogens is 1. The molecule has 1 aromatic rings. The van der Waals surface area contributed by atoms with E-state index in [0.29, 0.717) is 11.1 Å². The first-order chi connectivity index (χ1) is 7.75. The summed E-state index contributed by atoms with van der Waals surface area (Å²) in [6.45, 7) is 4.55. The first-order valence-electron chi connectivity index (χ1n) is 5.12. The maximum atomic E-state index is 12.9. The normalized spacial score (nSPS) is 13.4. The largest absolute Gasteiger partial charge is 0.480 e. The molecular weight excluding hydrogens is 243 g/mol. The van der Waals surface area contributed by atoms with Crippen LogP contribution in [0.5, 0.6) is 0 Å². The Morgan fingerprint density at radius 3 is 2.53 bits per heavy atom. The van der Waals surface area contributed by atoms with Crippen LogP contribution in [0, 0.1) is 12.7 Å². The van der Waals surface area contributed by atoms with Gasteiger partial charge in [0, 0.05) is 16.6 Å². The summed E-state index contributed by atoms with van der Waals surface area (Å²) in [7, 11) is -1.55. The minimum Gasteiger partial charge on any atom is -0.480 e. The molecule has 94 valence electrons. The highest BCUT2D eigenvalue weighted by Gasteiger charge is 2.34. The lowest BCUT2D eigenvalue weighted by atomic mass is 10.1. The molecule has 3 nitrogen and oxygen atoms in total. The standard InChI is InChI=1S/C12H15FO3S/c1-8-6-10(13)5-4-9(8)7-17(16)12(2,3)11(14)15/h4-6H,7H2,1-3H3,(H,14,15). The average Bonchev–Trinajstić information content (AvgIpc) is 2.21. The number of aliphatic carboxylic acids is 1. The number of rotatable bonds is 4. The van der Waals surface area contributed by atoms with Crippen molar-refractivity contribution in [2.75, 3.05) is 0 Å². The molecule has 1 N–H and O–H groups in total. The molecule has 1 aromatic carbocycles. The summed E-state index contributed by atoms with van der Waals surface area (Å²) in [4.78, 5) is 10.9. The molecule has 0 bridgehead atoms. The summed E-state index contributed by atoms with van der Waals surface area (Å²) in [5.74, 6) is -1.34. The van der Waals surface area contributed by atoms with Crippen LogP contribution in [0.25, 0.3) is 0 Å². The fourth-order valence-electron chi connectivity index (χ4n) is 1.24. The van der Waals surface area contributed by atoms with Gasteiger partial charge in [-0.15, -0.1) is 0 Å². The molecule has 0 amide bonds. The fourth-order valence-corrected chi connectivity index (χ4v) is 2.40. The molecule has 0 heterocycles. The lowest BCUT2D eigenvalue weighted by molar-refractivity contribution is -0.139. The second kappa shape index (κ2) is 4.96. The molecule has 1 rings (SSSR count). The Hall–Kier alpha value is -1.23. The molecule has 0 aliphatic heterocycles. The summed E-state index contributed by atoms with van der Waals surface area (Å²) in [5.41, 5.74) is 1.39. The first kappa shape index (κ1) is 13.8. The Bertz CT molecular complexity index is 469. The van der Waals surface area contributed by atoms with Crippen LogP contribution in [0.3, 0.4) is 0 Å². The van der Waals surface area contributed by atoms with Crippen molar-refractivity contribution in [3.8, 4) is 0 Å². The van der Waals surface area contributed by atoms with Gasteiger partial charge in [-0.05, 0) is 44.0 Å². The van der Waals surface area contributed by atoms with Crippen LogP contribution in [0.1, 0.15) is 25.0 Å². The Morgan fingerprint density at radius 1 is 1.47 bits per heavy atom. The van der Waals surface area contributed by atoms with Crippen molar-refractivity contribution in [1.29, 1.82) is 0 Å². The van der Waals surface area contributed by atoms with Crippen molar-refractivity contribution >= 4 is 16.8 Å². The lowest BCUT2D eigenvalue weighted by Gasteiger charge is -2.19. The molecule has 0 aliphatic carbocycles. The number of hydrogen-bond donors (Lipinski definition) is 1. The number of aryl methyl sites for hydroxylation is 1. The van der Waals surface area contributed by atoms with Crippen LogP contribution >= 0.6 is 0 Å².